The van der Waals surface area contributed by atoms with Gasteiger partial charge in [0, 0.05) is 46.2 Å². The number of aromatic nitrogens is 1. The number of allylic oxidation sites excluding steroid dienone is 2. The van der Waals surface area contributed by atoms with Crippen molar-refractivity contribution >= 4 is 28.9 Å². The highest BCUT2D eigenvalue weighted by atomic mass is 35.5. The average Bonchev–Trinajstić information content (AvgIpc) is 2.62. The van der Waals surface area contributed by atoms with Crippen molar-refractivity contribution in [2.45, 2.75) is 46.1 Å². The van der Waals surface area contributed by atoms with Gasteiger partial charge in [-0.05, 0) is 63.3 Å². The average molecular weight is 403 g/mol. The van der Waals surface area contributed by atoms with Crippen LogP contribution in [0.2, 0.25) is 10.0 Å². The van der Waals surface area contributed by atoms with E-state index in [2.05, 4.69) is 19.9 Å². The van der Waals surface area contributed by atoms with Gasteiger partial charge >= 0.3 is 0 Å². The Kier molecular flexibility index (Phi) is 6.56. The Morgan fingerprint density at radius 1 is 1.19 bits per heavy atom. The number of hydrogen-bond donors (Lipinski definition) is 0. The quantitative estimate of drug-likeness (QED) is 0.608. The van der Waals surface area contributed by atoms with Crippen molar-refractivity contribution in [3.05, 3.63) is 79.2 Å². The first-order valence-corrected chi connectivity index (χ1v) is 10.0. The van der Waals surface area contributed by atoms with E-state index < -0.39 is 0 Å². The molecule has 0 spiro atoms. The van der Waals surface area contributed by atoms with Gasteiger partial charge in [-0.25, -0.2) is 0 Å². The smallest absolute Gasteiger partial charge is 0.251 e. The summed E-state index contributed by atoms with van der Waals surface area (Å²) in [4.78, 5) is 17.2. The molecule has 3 rings (SSSR count). The Morgan fingerprint density at radius 3 is 2.74 bits per heavy atom. The summed E-state index contributed by atoms with van der Waals surface area (Å²) in [5, 5.41) is 1.33. The lowest BCUT2D eigenvalue weighted by atomic mass is 9.93. The van der Waals surface area contributed by atoms with Crippen molar-refractivity contribution in [2.24, 2.45) is 4.99 Å². The lowest BCUT2D eigenvalue weighted by molar-refractivity contribution is 0.673. The summed E-state index contributed by atoms with van der Waals surface area (Å²) in [6, 6.07) is 9.17. The normalized spacial score (nSPS) is 14.9. The van der Waals surface area contributed by atoms with E-state index in [1.807, 2.05) is 22.8 Å². The zero-order valence-corrected chi connectivity index (χ0v) is 17.3. The van der Waals surface area contributed by atoms with Gasteiger partial charge in [0.15, 0.2) is 0 Å². The zero-order valence-electron chi connectivity index (χ0n) is 15.8. The Bertz CT molecular complexity index is 953. The van der Waals surface area contributed by atoms with E-state index >= 15 is 0 Å². The maximum absolute atomic E-state index is 12.3. The van der Waals surface area contributed by atoms with Crippen molar-refractivity contribution in [1.29, 1.82) is 0 Å². The number of hydrogen-bond acceptors (Lipinski definition) is 2. The number of nitrogens with zero attached hydrogens (tertiary/aromatic N) is 2. The molecule has 0 radical (unpaired) electrons. The maximum Gasteiger partial charge on any atom is 0.251 e. The third-order valence-corrected chi connectivity index (χ3v) is 5.40. The van der Waals surface area contributed by atoms with Crippen LogP contribution in [0.4, 0.5) is 0 Å². The molecule has 0 saturated heterocycles. The SMILES string of the molecule is CC(C)=CCn1c2c(ccc1=O)C(=NCCc1ccc(Cl)cc1Cl)CCC2. The predicted molar refractivity (Wildman–Crippen MR) is 115 cm³/mol. The number of pyridine rings is 1. The Hall–Kier alpha value is -1.84. The van der Waals surface area contributed by atoms with Gasteiger partial charge in [0.05, 0.1) is 0 Å². The molecule has 1 aliphatic rings. The molecule has 2 aromatic rings. The van der Waals surface area contributed by atoms with Gasteiger partial charge in [-0.3, -0.25) is 9.79 Å². The van der Waals surface area contributed by atoms with E-state index in [4.69, 9.17) is 28.2 Å². The largest absolute Gasteiger partial charge is 0.308 e. The minimum absolute atomic E-state index is 0.0560. The first-order chi connectivity index (χ1) is 13.0. The van der Waals surface area contributed by atoms with Crippen molar-refractivity contribution in [1.82, 2.24) is 4.57 Å². The lowest BCUT2D eigenvalue weighted by Crippen LogP contribution is -2.28. The molecule has 0 atom stereocenters. The van der Waals surface area contributed by atoms with Crippen LogP contribution in [-0.2, 0) is 19.4 Å². The highest BCUT2D eigenvalue weighted by molar-refractivity contribution is 6.35. The molecular weight excluding hydrogens is 379 g/mol. The summed E-state index contributed by atoms with van der Waals surface area (Å²) in [7, 11) is 0. The molecule has 0 aliphatic heterocycles. The van der Waals surface area contributed by atoms with Crippen LogP contribution in [0.1, 0.15) is 43.5 Å². The van der Waals surface area contributed by atoms with E-state index in [0.717, 1.165) is 48.2 Å². The monoisotopic (exact) mass is 402 g/mol. The fourth-order valence-corrected chi connectivity index (χ4v) is 3.89. The van der Waals surface area contributed by atoms with E-state index in [1.165, 1.54) is 5.57 Å². The molecule has 0 unspecified atom stereocenters. The molecule has 3 nitrogen and oxygen atoms in total. The van der Waals surface area contributed by atoms with E-state index in [9.17, 15) is 4.79 Å². The van der Waals surface area contributed by atoms with Gasteiger partial charge in [0.2, 0.25) is 0 Å². The van der Waals surface area contributed by atoms with Gasteiger partial charge in [-0.2, -0.15) is 0 Å². The second-order valence-corrected chi connectivity index (χ2v) is 7.94. The van der Waals surface area contributed by atoms with Crippen LogP contribution < -0.4 is 5.56 Å². The number of benzene rings is 1. The summed E-state index contributed by atoms with van der Waals surface area (Å²) in [6.07, 6.45) is 5.75. The zero-order chi connectivity index (χ0) is 19.4. The third-order valence-electron chi connectivity index (χ3n) is 4.81. The minimum atomic E-state index is 0.0560. The van der Waals surface area contributed by atoms with Crippen molar-refractivity contribution in [3.63, 3.8) is 0 Å². The number of rotatable bonds is 5. The van der Waals surface area contributed by atoms with E-state index in [0.29, 0.717) is 23.1 Å². The molecule has 5 heteroatoms. The molecule has 1 aliphatic carbocycles. The first-order valence-electron chi connectivity index (χ1n) is 9.29. The van der Waals surface area contributed by atoms with Gasteiger partial charge < -0.3 is 4.57 Å². The van der Waals surface area contributed by atoms with Gasteiger partial charge in [0.1, 0.15) is 0 Å². The van der Waals surface area contributed by atoms with Crippen LogP contribution in [-0.4, -0.2) is 16.8 Å². The lowest BCUT2D eigenvalue weighted by Gasteiger charge is -2.22. The molecule has 1 aromatic heterocycles. The minimum Gasteiger partial charge on any atom is -0.308 e. The van der Waals surface area contributed by atoms with E-state index in [1.54, 1.807) is 12.1 Å². The van der Waals surface area contributed by atoms with Crippen LogP contribution in [0, 0.1) is 0 Å². The summed E-state index contributed by atoms with van der Waals surface area (Å²) in [5.74, 6) is 0. The molecule has 1 aromatic carbocycles. The van der Waals surface area contributed by atoms with Crippen LogP contribution in [0.5, 0.6) is 0 Å². The second-order valence-electron chi connectivity index (χ2n) is 7.09. The van der Waals surface area contributed by atoms with Gasteiger partial charge in [0.25, 0.3) is 5.56 Å². The predicted octanol–water partition coefficient (Wildman–Crippen LogP) is 5.49. The fraction of sp³-hybridized carbons (Fsp3) is 0.364. The molecule has 0 N–H and O–H groups in total. The summed E-state index contributed by atoms with van der Waals surface area (Å²) < 4.78 is 1.88. The first kappa shape index (κ1) is 19.9. The summed E-state index contributed by atoms with van der Waals surface area (Å²) in [5.41, 5.74) is 5.63. The molecule has 0 fully saturated rings. The number of fused-ring (bicyclic) bond motifs is 1. The Morgan fingerprint density at radius 2 is 2.00 bits per heavy atom. The van der Waals surface area contributed by atoms with Crippen LogP contribution >= 0.6 is 23.2 Å². The van der Waals surface area contributed by atoms with E-state index in [-0.39, 0.29) is 5.56 Å². The fourth-order valence-electron chi connectivity index (χ4n) is 3.38. The van der Waals surface area contributed by atoms with Crippen LogP contribution in [0.3, 0.4) is 0 Å². The molecule has 0 amide bonds. The van der Waals surface area contributed by atoms with Crippen molar-refractivity contribution in [2.75, 3.05) is 6.54 Å². The highest BCUT2D eigenvalue weighted by Gasteiger charge is 2.19. The molecule has 1 heterocycles. The standard InChI is InChI=1S/C22H24Cl2N2O/c1-15(2)11-13-26-21-5-3-4-20(18(21)8-9-22(26)27)25-12-10-16-6-7-17(23)14-19(16)24/h6-9,11,14H,3-5,10,12-13H2,1-2H3. The van der Waals surface area contributed by atoms with Crippen molar-refractivity contribution in [3.8, 4) is 0 Å². The van der Waals surface area contributed by atoms with Crippen LogP contribution in [0.25, 0.3) is 0 Å². The summed E-state index contributed by atoms with van der Waals surface area (Å²) in [6.45, 7) is 5.39. The van der Waals surface area contributed by atoms with Gasteiger partial charge in [-0.15, -0.1) is 0 Å². The summed E-state index contributed by atoms with van der Waals surface area (Å²) >= 11 is 12.2. The maximum atomic E-state index is 12.3. The topological polar surface area (TPSA) is 34.4 Å². The Balaban J connectivity index is 1.83. The molecule has 0 bridgehead atoms. The highest BCUT2D eigenvalue weighted by Crippen LogP contribution is 2.23. The van der Waals surface area contributed by atoms with Crippen LogP contribution in [0.15, 0.2) is 51.8 Å². The van der Waals surface area contributed by atoms with Gasteiger partial charge in [-0.1, -0.05) is 40.9 Å². The Labute approximate surface area is 170 Å². The van der Waals surface area contributed by atoms with Crippen molar-refractivity contribution < 1.29 is 0 Å². The third kappa shape index (κ3) is 4.91. The molecule has 27 heavy (non-hydrogen) atoms. The number of aliphatic imine (C=N–C) groups is 1. The number of halogens is 2. The molecule has 142 valence electrons. The molecule has 0 saturated carbocycles. The second kappa shape index (κ2) is 8.90. The molecular formula is C22H24Cl2N2O.